The molecule has 0 fully saturated rings. The number of likely N-dealkylation sites (N-methyl/N-ethyl adjacent to an activating group) is 1. The van der Waals surface area contributed by atoms with Crippen LogP contribution in [-0.4, -0.2) is 46.0 Å². The second-order valence-electron chi connectivity index (χ2n) is 5.24. The maximum atomic E-state index is 5.89. The molecule has 0 bridgehead atoms. The largest absolute Gasteiger partial charge is 0.309 e. The Morgan fingerprint density at radius 3 is 2.68 bits per heavy atom. The molecule has 0 radical (unpaired) electrons. The fourth-order valence-electron chi connectivity index (χ4n) is 2.45. The number of pyridine rings is 1. The fourth-order valence-corrected chi connectivity index (χ4v) is 2.62. The van der Waals surface area contributed by atoms with E-state index in [2.05, 4.69) is 40.5 Å². The van der Waals surface area contributed by atoms with Crippen LogP contribution >= 0.6 is 11.6 Å². The molecular formula is C14H21ClN4. The van der Waals surface area contributed by atoms with Gasteiger partial charge in [-0.1, -0.05) is 0 Å². The molecule has 0 saturated carbocycles. The third-order valence-corrected chi connectivity index (χ3v) is 3.33. The highest BCUT2D eigenvalue weighted by molar-refractivity contribution is 6.17. The molecule has 1 unspecified atom stereocenters. The molecule has 19 heavy (non-hydrogen) atoms. The van der Waals surface area contributed by atoms with E-state index in [0.29, 0.717) is 11.9 Å². The quantitative estimate of drug-likeness (QED) is 0.790. The van der Waals surface area contributed by atoms with Crippen LogP contribution in [-0.2, 0) is 6.42 Å². The molecule has 0 spiro atoms. The number of halogens is 1. The first-order valence-electron chi connectivity index (χ1n) is 6.58. The standard InChI is InChI=1S/C14H21ClN4/c1-10-5-6-12-14(16-10)19(11(2)9-18(3)4)13(17-12)7-8-15/h5-6,11H,7-9H2,1-4H3. The first kappa shape index (κ1) is 14.3. The Labute approximate surface area is 119 Å². The highest BCUT2D eigenvalue weighted by atomic mass is 35.5. The number of alkyl halides is 1. The van der Waals surface area contributed by atoms with Gasteiger partial charge in [0, 0.05) is 30.6 Å². The van der Waals surface area contributed by atoms with Crippen LogP contribution in [0.4, 0.5) is 0 Å². The Morgan fingerprint density at radius 2 is 2.05 bits per heavy atom. The Kier molecular flexibility index (Phi) is 4.42. The van der Waals surface area contributed by atoms with Gasteiger partial charge in [0.2, 0.25) is 0 Å². The number of fused-ring (bicyclic) bond motifs is 1. The zero-order valence-corrected chi connectivity index (χ0v) is 12.8. The molecule has 104 valence electrons. The molecule has 1 atom stereocenters. The fraction of sp³-hybridized carbons (Fsp3) is 0.571. The number of rotatable bonds is 5. The van der Waals surface area contributed by atoms with Crippen LogP contribution < -0.4 is 0 Å². The lowest BCUT2D eigenvalue weighted by atomic mass is 10.3. The summed E-state index contributed by atoms with van der Waals surface area (Å²) in [5.41, 5.74) is 2.94. The summed E-state index contributed by atoms with van der Waals surface area (Å²) in [6.07, 6.45) is 0.773. The summed E-state index contributed by atoms with van der Waals surface area (Å²) in [4.78, 5) is 11.5. The summed E-state index contributed by atoms with van der Waals surface area (Å²) in [7, 11) is 4.16. The molecule has 0 aliphatic rings. The van der Waals surface area contributed by atoms with Gasteiger partial charge in [0.15, 0.2) is 5.65 Å². The Morgan fingerprint density at radius 1 is 1.32 bits per heavy atom. The molecule has 0 amide bonds. The summed E-state index contributed by atoms with van der Waals surface area (Å²) >= 11 is 5.89. The first-order valence-corrected chi connectivity index (χ1v) is 7.11. The van der Waals surface area contributed by atoms with Crippen LogP contribution in [0, 0.1) is 6.92 Å². The van der Waals surface area contributed by atoms with Crippen molar-refractivity contribution in [2.75, 3.05) is 26.5 Å². The maximum absolute atomic E-state index is 5.89. The second kappa shape index (κ2) is 5.88. The number of hydrogen-bond donors (Lipinski definition) is 0. The van der Waals surface area contributed by atoms with Gasteiger partial charge in [-0.2, -0.15) is 0 Å². The molecule has 5 heteroatoms. The van der Waals surface area contributed by atoms with Crippen molar-refractivity contribution in [2.45, 2.75) is 26.3 Å². The van der Waals surface area contributed by atoms with Crippen molar-refractivity contribution in [1.82, 2.24) is 19.4 Å². The molecule has 2 heterocycles. The van der Waals surface area contributed by atoms with Gasteiger partial charge in [0.1, 0.15) is 11.3 Å². The van der Waals surface area contributed by atoms with E-state index in [1.54, 1.807) is 0 Å². The average Bonchev–Trinajstić information content (AvgIpc) is 2.65. The van der Waals surface area contributed by atoms with Gasteiger partial charge in [0.25, 0.3) is 0 Å². The molecule has 0 aliphatic heterocycles. The van der Waals surface area contributed by atoms with Crippen molar-refractivity contribution < 1.29 is 0 Å². The molecule has 0 saturated heterocycles. The lowest BCUT2D eigenvalue weighted by Gasteiger charge is -2.20. The molecule has 2 aromatic heterocycles. The van der Waals surface area contributed by atoms with Crippen LogP contribution in [0.5, 0.6) is 0 Å². The molecular weight excluding hydrogens is 260 g/mol. The average molecular weight is 281 g/mol. The zero-order chi connectivity index (χ0) is 14.0. The van der Waals surface area contributed by atoms with Gasteiger partial charge in [-0.25, -0.2) is 9.97 Å². The normalized spacial score (nSPS) is 13.4. The van der Waals surface area contributed by atoms with Crippen LogP contribution in [0.25, 0.3) is 11.2 Å². The van der Waals surface area contributed by atoms with Gasteiger partial charge in [-0.3, -0.25) is 0 Å². The number of nitrogens with zero attached hydrogens (tertiary/aromatic N) is 4. The Hall–Kier alpha value is -1.13. The number of aromatic nitrogens is 3. The van der Waals surface area contributed by atoms with Gasteiger partial charge in [-0.05, 0) is 40.1 Å². The highest BCUT2D eigenvalue weighted by Crippen LogP contribution is 2.21. The molecule has 2 rings (SSSR count). The maximum Gasteiger partial charge on any atom is 0.160 e. The minimum atomic E-state index is 0.326. The van der Waals surface area contributed by atoms with Crippen molar-refractivity contribution in [2.24, 2.45) is 0 Å². The van der Waals surface area contributed by atoms with Crippen molar-refractivity contribution in [1.29, 1.82) is 0 Å². The van der Waals surface area contributed by atoms with Crippen LogP contribution in [0.3, 0.4) is 0 Å². The van der Waals surface area contributed by atoms with Gasteiger partial charge in [0.05, 0.1) is 0 Å². The van der Waals surface area contributed by atoms with E-state index in [1.807, 2.05) is 19.1 Å². The lowest BCUT2D eigenvalue weighted by Crippen LogP contribution is -2.24. The smallest absolute Gasteiger partial charge is 0.160 e. The third kappa shape index (κ3) is 3.07. The third-order valence-electron chi connectivity index (χ3n) is 3.14. The van der Waals surface area contributed by atoms with E-state index >= 15 is 0 Å². The summed E-state index contributed by atoms with van der Waals surface area (Å²) in [5, 5.41) is 0. The zero-order valence-electron chi connectivity index (χ0n) is 12.0. The van der Waals surface area contributed by atoms with E-state index < -0.39 is 0 Å². The summed E-state index contributed by atoms with van der Waals surface area (Å²) < 4.78 is 2.23. The highest BCUT2D eigenvalue weighted by Gasteiger charge is 2.17. The lowest BCUT2D eigenvalue weighted by molar-refractivity contribution is 0.336. The van der Waals surface area contributed by atoms with Crippen molar-refractivity contribution in [3.05, 3.63) is 23.7 Å². The first-order chi connectivity index (χ1) is 9.02. The topological polar surface area (TPSA) is 34.0 Å². The minimum Gasteiger partial charge on any atom is -0.309 e. The Bertz CT molecular complexity index is 562. The van der Waals surface area contributed by atoms with E-state index in [1.165, 1.54) is 0 Å². The second-order valence-corrected chi connectivity index (χ2v) is 5.62. The molecule has 2 aromatic rings. The van der Waals surface area contributed by atoms with Crippen molar-refractivity contribution in [3.8, 4) is 0 Å². The van der Waals surface area contributed by atoms with Crippen molar-refractivity contribution >= 4 is 22.8 Å². The summed E-state index contributed by atoms with van der Waals surface area (Å²) in [5.74, 6) is 1.61. The summed E-state index contributed by atoms with van der Waals surface area (Å²) in [6.45, 7) is 5.16. The van der Waals surface area contributed by atoms with Gasteiger partial charge >= 0.3 is 0 Å². The van der Waals surface area contributed by atoms with E-state index in [9.17, 15) is 0 Å². The molecule has 0 aromatic carbocycles. The predicted molar refractivity (Wildman–Crippen MR) is 80.0 cm³/mol. The van der Waals surface area contributed by atoms with Crippen molar-refractivity contribution in [3.63, 3.8) is 0 Å². The number of hydrogen-bond acceptors (Lipinski definition) is 3. The van der Waals surface area contributed by atoms with Crippen LogP contribution in [0.1, 0.15) is 24.5 Å². The SMILES string of the molecule is Cc1ccc2nc(CCCl)n(C(C)CN(C)C)c2n1. The number of aryl methyl sites for hydroxylation is 2. The monoisotopic (exact) mass is 280 g/mol. The molecule has 0 aliphatic carbocycles. The number of imidazole rings is 1. The molecule has 0 N–H and O–H groups in total. The van der Waals surface area contributed by atoms with E-state index in [4.69, 9.17) is 11.6 Å². The van der Waals surface area contributed by atoms with Crippen LogP contribution in [0.2, 0.25) is 0 Å². The molecule has 4 nitrogen and oxygen atoms in total. The Balaban J connectivity index is 2.52. The van der Waals surface area contributed by atoms with E-state index in [-0.39, 0.29) is 0 Å². The van der Waals surface area contributed by atoms with Crippen LogP contribution in [0.15, 0.2) is 12.1 Å². The minimum absolute atomic E-state index is 0.326. The van der Waals surface area contributed by atoms with E-state index in [0.717, 1.165) is 35.6 Å². The van der Waals surface area contributed by atoms with Gasteiger partial charge < -0.3 is 9.47 Å². The van der Waals surface area contributed by atoms with Gasteiger partial charge in [-0.15, -0.1) is 11.6 Å². The summed E-state index contributed by atoms with van der Waals surface area (Å²) in [6, 6.07) is 4.36. The predicted octanol–water partition coefficient (Wildman–Crippen LogP) is 2.64.